The van der Waals surface area contributed by atoms with Crippen LogP contribution < -0.4 is 5.32 Å². The molecule has 0 saturated heterocycles. The Morgan fingerprint density at radius 3 is 1.90 bits per heavy atom. The predicted octanol–water partition coefficient (Wildman–Crippen LogP) is 1.64. The fourth-order valence-electron chi connectivity index (χ4n) is 1.59. The second-order valence-corrected chi connectivity index (χ2v) is 6.19. The van der Waals surface area contributed by atoms with Crippen LogP contribution in [-0.2, 0) is 23.8 Å². The Bertz CT molecular complexity index is 397. The Kier molecular flexibility index (Phi) is 6.66. The van der Waals surface area contributed by atoms with Gasteiger partial charge in [-0.1, -0.05) is 0 Å². The average Bonchev–Trinajstić information content (AvgIpc) is 2.34. The fraction of sp³-hybridized carbons (Fsp3) is 0.786. The largest absolute Gasteiger partial charge is 0.469 e. The molecule has 0 spiro atoms. The molecule has 0 saturated carbocycles. The summed E-state index contributed by atoms with van der Waals surface area (Å²) >= 11 is 0. The van der Waals surface area contributed by atoms with Crippen molar-refractivity contribution in [3.05, 3.63) is 0 Å². The average molecular weight is 303 g/mol. The second-order valence-electron chi connectivity index (χ2n) is 6.19. The van der Waals surface area contributed by atoms with E-state index in [1.54, 1.807) is 34.6 Å². The second kappa shape index (κ2) is 7.28. The van der Waals surface area contributed by atoms with Crippen molar-refractivity contribution >= 4 is 18.0 Å². The number of hydrogen-bond acceptors (Lipinski definition) is 6. The molecule has 0 unspecified atom stereocenters. The summed E-state index contributed by atoms with van der Waals surface area (Å²) in [5.41, 5.74) is -1.80. The van der Waals surface area contributed by atoms with Crippen molar-refractivity contribution in [3.63, 3.8) is 0 Å². The van der Waals surface area contributed by atoms with Crippen molar-refractivity contribution in [2.75, 3.05) is 14.2 Å². The van der Waals surface area contributed by atoms with Crippen LogP contribution in [0.5, 0.6) is 0 Å². The maximum absolute atomic E-state index is 11.9. The number of alkyl carbamates (subject to hydrolysis) is 1. The van der Waals surface area contributed by atoms with Crippen molar-refractivity contribution in [3.8, 4) is 0 Å². The van der Waals surface area contributed by atoms with Gasteiger partial charge in [-0.15, -0.1) is 0 Å². The van der Waals surface area contributed by atoms with Crippen molar-refractivity contribution in [2.24, 2.45) is 5.41 Å². The van der Waals surface area contributed by atoms with Crippen molar-refractivity contribution < 1.29 is 28.6 Å². The predicted molar refractivity (Wildman–Crippen MR) is 75.6 cm³/mol. The van der Waals surface area contributed by atoms with Gasteiger partial charge in [0.1, 0.15) is 5.60 Å². The van der Waals surface area contributed by atoms with Gasteiger partial charge in [0.15, 0.2) is 0 Å². The number of nitrogens with one attached hydrogen (secondary N) is 1. The first kappa shape index (κ1) is 19.2. The molecule has 7 heteroatoms. The van der Waals surface area contributed by atoms with E-state index in [4.69, 9.17) is 9.47 Å². The monoisotopic (exact) mass is 303 g/mol. The maximum Gasteiger partial charge on any atom is 0.407 e. The van der Waals surface area contributed by atoms with Crippen LogP contribution in [0.2, 0.25) is 0 Å². The van der Waals surface area contributed by atoms with E-state index in [1.165, 1.54) is 14.2 Å². The highest BCUT2D eigenvalue weighted by Gasteiger charge is 2.41. The molecule has 1 N–H and O–H groups in total. The number of ether oxygens (including phenoxy) is 3. The first-order valence-corrected chi connectivity index (χ1v) is 6.58. The summed E-state index contributed by atoms with van der Waals surface area (Å²) in [6.45, 7) is 8.29. The normalized spacial score (nSPS) is 13.1. The van der Waals surface area contributed by atoms with Gasteiger partial charge in [0.2, 0.25) is 0 Å². The Hall–Kier alpha value is -1.79. The lowest BCUT2D eigenvalue weighted by Crippen LogP contribution is -2.51. The van der Waals surface area contributed by atoms with Crippen molar-refractivity contribution in [2.45, 2.75) is 52.7 Å². The molecule has 0 aliphatic rings. The number of amides is 1. The molecule has 0 aromatic rings. The molecule has 0 rings (SSSR count). The molecule has 0 radical (unpaired) electrons. The zero-order valence-corrected chi connectivity index (χ0v) is 13.7. The topological polar surface area (TPSA) is 90.9 Å². The number of carbonyl (C=O) groups excluding carboxylic acids is 3. The fourth-order valence-corrected chi connectivity index (χ4v) is 1.59. The third-order valence-electron chi connectivity index (χ3n) is 2.87. The van der Waals surface area contributed by atoms with E-state index < -0.39 is 35.1 Å². The molecule has 0 bridgehead atoms. The van der Waals surface area contributed by atoms with Crippen LogP contribution in [0.1, 0.15) is 41.0 Å². The van der Waals surface area contributed by atoms with E-state index >= 15 is 0 Å². The Morgan fingerprint density at radius 2 is 1.52 bits per heavy atom. The van der Waals surface area contributed by atoms with E-state index in [9.17, 15) is 14.4 Å². The number of methoxy groups -OCH3 is 2. The Morgan fingerprint density at radius 1 is 1.00 bits per heavy atom. The molecule has 0 aliphatic carbocycles. The lowest BCUT2D eigenvalue weighted by Gasteiger charge is -2.32. The maximum atomic E-state index is 11.9. The molecule has 0 aromatic carbocycles. The molecule has 0 heterocycles. The number of hydrogen-bond donors (Lipinski definition) is 1. The van der Waals surface area contributed by atoms with E-state index in [-0.39, 0.29) is 6.42 Å². The first-order chi connectivity index (χ1) is 9.43. The molecule has 21 heavy (non-hydrogen) atoms. The molecule has 0 fully saturated rings. The first-order valence-electron chi connectivity index (χ1n) is 6.58. The van der Waals surface area contributed by atoms with Crippen molar-refractivity contribution in [1.82, 2.24) is 5.32 Å². The highest BCUT2D eigenvalue weighted by atomic mass is 16.6. The van der Waals surface area contributed by atoms with E-state index in [1.807, 2.05) is 0 Å². The minimum Gasteiger partial charge on any atom is -0.469 e. The van der Waals surface area contributed by atoms with Crippen LogP contribution in [0.25, 0.3) is 0 Å². The van der Waals surface area contributed by atoms with Gasteiger partial charge in [-0.3, -0.25) is 9.59 Å². The van der Waals surface area contributed by atoms with Crippen LogP contribution in [0.15, 0.2) is 0 Å². The van der Waals surface area contributed by atoms with Gasteiger partial charge < -0.3 is 19.5 Å². The van der Waals surface area contributed by atoms with Crippen LogP contribution >= 0.6 is 0 Å². The number of rotatable bonds is 5. The summed E-state index contributed by atoms with van der Waals surface area (Å²) < 4.78 is 14.4. The molecule has 1 amide bonds. The third kappa shape index (κ3) is 6.46. The molecule has 0 aliphatic heterocycles. The molecule has 0 aromatic heterocycles. The quantitative estimate of drug-likeness (QED) is 0.613. The summed E-state index contributed by atoms with van der Waals surface area (Å²) in [4.78, 5) is 35.2. The zero-order chi connectivity index (χ0) is 16.8. The minimum atomic E-state index is -1.11. The molecule has 7 nitrogen and oxygen atoms in total. The van der Waals surface area contributed by atoms with Gasteiger partial charge in [-0.05, 0) is 34.6 Å². The van der Waals surface area contributed by atoms with E-state index in [0.717, 1.165) is 0 Å². The lowest BCUT2D eigenvalue weighted by molar-refractivity contribution is -0.153. The summed E-state index contributed by atoms with van der Waals surface area (Å²) in [6, 6.07) is -0.813. The van der Waals surface area contributed by atoms with Crippen LogP contribution in [0.4, 0.5) is 4.79 Å². The highest BCUT2D eigenvalue weighted by Crippen LogP contribution is 2.25. The van der Waals surface area contributed by atoms with E-state index in [0.29, 0.717) is 0 Å². The smallest absolute Gasteiger partial charge is 0.407 e. The minimum absolute atomic E-state index is 0.169. The number of esters is 2. The van der Waals surface area contributed by atoms with Crippen LogP contribution in [0.3, 0.4) is 0 Å². The van der Waals surface area contributed by atoms with Gasteiger partial charge in [-0.25, -0.2) is 4.79 Å². The van der Waals surface area contributed by atoms with Gasteiger partial charge in [-0.2, -0.15) is 0 Å². The highest BCUT2D eigenvalue weighted by molar-refractivity contribution is 5.80. The molecule has 122 valence electrons. The lowest BCUT2D eigenvalue weighted by atomic mass is 9.82. The number of carbonyl (C=O) groups is 3. The van der Waals surface area contributed by atoms with Gasteiger partial charge >= 0.3 is 18.0 Å². The molecule has 1 atom stereocenters. The van der Waals surface area contributed by atoms with Gasteiger partial charge in [0.05, 0.1) is 32.1 Å². The Balaban J connectivity index is 5.11. The zero-order valence-electron chi connectivity index (χ0n) is 13.7. The third-order valence-corrected chi connectivity index (χ3v) is 2.87. The summed E-state index contributed by atoms with van der Waals surface area (Å²) in [6.07, 6.45) is -0.883. The van der Waals surface area contributed by atoms with Crippen molar-refractivity contribution in [1.29, 1.82) is 0 Å². The van der Waals surface area contributed by atoms with Gasteiger partial charge in [0.25, 0.3) is 0 Å². The summed E-state index contributed by atoms with van der Waals surface area (Å²) in [7, 11) is 2.48. The van der Waals surface area contributed by atoms with Crippen LogP contribution in [0, 0.1) is 5.41 Å². The standard InChI is InChI=1S/C14H25NO6/c1-13(2,3)21-12(18)15-9(8-10(16)19-6)14(4,5)11(17)20-7/h9H,8H2,1-7H3,(H,15,18)/t9-/m0/s1. The van der Waals surface area contributed by atoms with Gasteiger partial charge in [0, 0.05) is 0 Å². The molecular formula is C14H25NO6. The van der Waals surface area contributed by atoms with Crippen LogP contribution in [-0.4, -0.2) is 43.9 Å². The molecular weight excluding hydrogens is 278 g/mol. The summed E-state index contributed by atoms with van der Waals surface area (Å²) in [5, 5.41) is 2.53. The Labute approximate surface area is 125 Å². The summed E-state index contributed by atoms with van der Waals surface area (Å²) in [5.74, 6) is -1.10. The van der Waals surface area contributed by atoms with E-state index in [2.05, 4.69) is 10.1 Å². The SMILES string of the molecule is COC(=O)C[C@H](NC(=O)OC(C)(C)C)C(C)(C)C(=O)OC.